The molecule has 0 radical (unpaired) electrons. The number of ether oxygens (including phenoxy) is 2. The van der Waals surface area contributed by atoms with Crippen LogP contribution < -0.4 is 0 Å². The summed E-state index contributed by atoms with van der Waals surface area (Å²) < 4.78 is 13.5. The summed E-state index contributed by atoms with van der Waals surface area (Å²) in [7, 11) is 0. The second-order valence-electron chi connectivity index (χ2n) is 15.7. The minimum absolute atomic E-state index is 0.0855. The molecule has 7 rings (SSSR count). The van der Waals surface area contributed by atoms with Gasteiger partial charge in [-0.1, -0.05) is 34.6 Å². The lowest BCUT2D eigenvalue weighted by atomic mass is 9.41. The maximum Gasteiger partial charge on any atom is 0.199 e. The predicted molar refractivity (Wildman–Crippen MR) is 131 cm³/mol. The molecule has 0 amide bonds. The quantitative estimate of drug-likeness (QED) is 0.553. The first kappa shape index (κ1) is 23.6. The lowest BCUT2D eigenvalue weighted by molar-refractivity contribution is -0.282. The Hall–Kier alpha value is -0.490. The molecule has 0 aromatic carbocycles. The van der Waals surface area contributed by atoms with Gasteiger partial charge >= 0.3 is 0 Å². The number of hydrogen-bond acceptors (Lipinski definition) is 5. The fourth-order valence-electron chi connectivity index (χ4n) is 12.5. The van der Waals surface area contributed by atoms with Crippen molar-refractivity contribution in [2.24, 2.45) is 50.7 Å². The molecule has 12 atom stereocenters. The molecule has 0 aromatic rings. The van der Waals surface area contributed by atoms with E-state index >= 15 is 0 Å². The minimum Gasteiger partial charge on any atom is -0.388 e. The molecule has 3 spiro atoms. The molecule has 35 heavy (non-hydrogen) atoms. The Morgan fingerprint density at radius 2 is 1.63 bits per heavy atom. The van der Waals surface area contributed by atoms with Gasteiger partial charge in [-0.3, -0.25) is 4.79 Å². The molecule has 5 heteroatoms. The number of carbonyl (C=O) groups is 1. The molecule has 5 aliphatic carbocycles. The highest BCUT2D eigenvalue weighted by atomic mass is 16.8. The van der Waals surface area contributed by atoms with Gasteiger partial charge in [-0.25, -0.2) is 0 Å². The number of hydrogen-bond donors (Lipinski definition) is 2. The van der Waals surface area contributed by atoms with Gasteiger partial charge in [-0.05, 0) is 92.8 Å². The third-order valence-electron chi connectivity index (χ3n) is 13.9. The van der Waals surface area contributed by atoms with Crippen molar-refractivity contribution in [3.05, 3.63) is 0 Å². The Morgan fingerprint density at radius 1 is 0.971 bits per heavy atom. The molecule has 2 heterocycles. The summed E-state index contributed by atoms with van der Waals surface area (Å²) in [6, 6.07) is 0. The monoisotopic (exact) mass is 486 g/mol. The second-order valence-corrected chi connectivity index (χ2v) is 15.7. The van der Waals surface area contributed by atoms with Gasteiger partial charge < -0.3 is 19.7 Å². The number of rotatable bonds is 1. The zero-order chi connectivity index (χ0) is 25.2. The van der Waals surface area contributed by atoms with Crippen molar-refractivity contribution >= 4 is 5.78 Å². The lowest BCUT2D eigenvalue weighted by Crippen LogP contribution is -2.59. The Morgan fingerprint density at radius 3 is 2.31 bits per heavy atom. The van der Waals surface area contributed by atoms with Crippen molar-refractivity contribution in [3.8, 4) is 0 Å². The highest BCUT2D eigenvalue weighted by molar-refractivity contribution is 5.86. The number of aliphatic hydroxyl groups excluding tert-OH is 1. The lowest BCUT2D eigenvalue weighted by Gasteiger charge is -2.62. The number of Topliss-reactive ketones (excluding diaryl/α,β-unsaturated/α-hetero) is 1. The zero-order valence-corrected chi connectivity index (χ0v) is 22.8. The van der Waals surface area contributed by atoms with E-state index in [0.717, 1.165) is 38.5 Å². The third kappa shape index (κ3) is 2.25. The van der Waals surface area contributed by atoms with Crippen molar-refractivity contribution in [2.75, 3.05) is 0 Å². The average molecular weight is 487 g/mol. The average Bonchev–Trinajstić information content (AvgIpc) is 3.28. The van der Waals surface area contributed by atoms with Gasteiger partial charge in [0.05, 0.1) is 11.7 Å². The number of carbonyl (C=O) groups excluding carboxylic acids is 1. The molecular formula is C30H46O5. The van der Waals surface area contributed by atoms with E-state index in [2.05, 4.69) is 34.6 Å². The molecular weight excluding hydrogens is 440 g/mol. The van der Waals surface area contributed by atoms with Gasteiger partial charge in [0.1, 0.15) is 18.0 Å². The van der Waals surface area contributed by atoms with Crippen LogP contribution in [-0.4, -0.2) is 45.7 Å². The first-order valence-electron chi connectivity index (χ1n) is 14.4. The first-order chi connectivity index (χ1) is 16.1. The van der Waals surface area contributed by atoms with Gasteiger partial charge in [-0.2, -0.15) is 0 Å². The van der Waals surface area contributed by atoms with Crippen molar-refractivity contribution in [3.63, 3.8) is 0 Å². The van der Waals surface area contributed by atoms with Gasteiger partial charge in [0.25, 0.3) is 0 Å². The normalized spacial score (nSPS) is 61.9. The molecule has 3 unspecified atom stereocenters. The van der Waals surface area contributed by atoms with E-state index in [0.29, 0.717) is 23.5 Å². The van der Waals surface area contributed by atoms with Gasteiger partial charge in [0.15, 0.2) is 5.79 Å². The van der Waals surface area contributed by atoms with Crippen molar-refractivity contribution < 1.29 is 24.5 Å². The van der Waals surface area contributed by atoms with E-state index in [-0.39, 0.29) is 39.1 Å². The summed E-state index contributed by atoms with van der Waals surface area (Å²) in [5, 5.41) is 23.4. The molecule has 2 N–H and O–H groups in total. The van der Waals surface area contributed by atoms with Gasteiger partial charge in [0.2, 0.25) is 0 Å². The summed E-state index contributed by atoms with van der Waals surface area (Å²) in [6.07, 6.45) is 7.03. The predicted octanol–water partition coefficient (Wildman–Crippen LogP) is 4.87. The molecule has 0 aromatic heterocycles. The van der Waals surface area contributed by atoms with Crippen LogP contribution in [0, 0.1) is 50.7 Å². The van der Waals surface area contributed by atoms with E-state index in [4.69, 9.17) is 9.47 Å². The Labute approximate surface area is 210 Å². The van der Waals surface area contributed by atoms with E-state index in [1.54, 1.807) is 0 Å². The second kappa shape index (κ2) is 6.21. The Balaban J connectivity index is 1.33. The molecule has 5 nitrogen and oxygen atoms in total. The van der Waals surface area contributed by atoms with Gasteiger partial charge in [0, 0.05) is 23.2 Å². The molecule has 2 aliphatic heterocycles. The van der Waals surface area contributed by atoms with E-state index in [1.165, 1.54) is 12.8 Å². The summed E-state index contributed by atoms with van der Waals surface area (Å²) in [4.78, 5) is 12.9. The summed E-state index contributed by atoms with van der Waals surface area (Å²) in [6.45, 7) is 15.2. The van der Waals surface area contributed by atoms with Crippen LogP contribution in [0.25, 0.3) is 0 Å². The Bertz CT molecular complexity index is 999. The minimum atomic E-state index is -1.03. The Kier molecular flexibility index (Phi) is 4.19. The van der Waals surface area contributed by atoms with Crippen molar-refractivity contribution in [2.45, 2.75) is 130 Å². The van der Waals surface area contributed by atoms with Gasteiger partial charge in [-0.15, -0.1) is 0 Å². The van der Waals surface area contributed by atoms with Crippen LogP contribution in [0.5, 0.6) is 0 Å². The summed E-state index contributed by atoms with van der Waals surface area (Å²) >= 11 is 0. The van der Waals surface area contributed by atoms with Crippen molar-refractivity contribution in [1.29, 1.82) is 0 Å². The molecule has 2 saturated heterocycles. The van der Waals surface area contributed by atoms with Crippen LogP contribution in [0.4, 0.5) is 0 Å². The number of aliphatic hydroxyl groups is 2. The fourth-order valence-corrected chi connectivity index (χ4v) is 12.5. The highest BCUT2D eigenvalue weighted by Gasteiger charge is 2.88. The molecule has 2 bridgehead atoms. The SMILES string of the molecule is CC1C[C@H]2O[C@@]3(OC2C(C)(C)O)C(O)[C@@]2(C)[C@@H]4CC[C@H]5C(C)(C)C(=O)CC[C@@]56C[C@@]46CC[C@]2(C)[C@@H]13. The van der Waals surface area contributed by atoms with E-state index < -0.39 is 23.6 Å². The van der Waals surface area contributed by atoms with Crippen LogP contribution >= 0.6 is 0 Å². The maximum absolute atomic E-state index is 12.9. The van der Waals surface area contributed by atoms with Crippen LogP contribution in [0.2, 0.25) is 0 Å². The van der Waals surface area contributed by atoms with Crippen LogP contribution in [0.15, 0.2) is 0 Å². The summed E-state index contributed by atoms with van der Waals surface area (Å²) in [5.74, 6) is 0.809. The first-order valence-corrected chi connectivity index (χ1v) is 14.4. The van der Waals surface area contributed by atoms with Crippen molar-refractivity contribution in [1.82, 2.24) is 0 Å². The smallest absolute Gasteiger partial charge is 0.199 e. The summed E-state index contributed by atoms with van der Waals surface area (Å²) in [5.41, 5.74) is -1.13. The molecule has 7 aliphatic rings. The maximum atomic E-state index is 12.9. The van der Waals surface area contributed by atoms with Crippen LogP contribution in [0.3, 0.4) is 0 Å². The van der Waals surface area contributed by atoms with Crippen LogP contribution in [0.1, 0.15) is 99.8 Å². The van der Waals surface area contributed by atoms with Crippen LogP contribution in [-0.2, 0) is 14.3 Å². The largest absolute Gasteiger partial charge is 0.388 e. The van der Waals surface area contributed by atoms with E-state index in [9.17, 15) is 15.0 Å². The topological polar surface area (TPSA) is 76.0 Å². The van der Waals surface area contributed by atoms with E-state index in [1.807, 2.05) is 13.8 Å². The third-order valence-corrected chi connectivity index (χ3v) is 13.9. The highest BCUT2D eigenvalue weighted by Crippen LogP contribution is 2.90. The fraction of sp³-hybridized carbons (Fsp3) is 0.967. The number of ketones is 1. The molecule has 196 valence electrons. The molecule has 5 saturated carbocycles. The molecule has 7 fully saturated rings. The standard InChI is InChI=1S/C30H46O5/c1-16-14-17-22(25(4,5)33)35-30(34-17)21(16)26(6)12-13-29-15-28(29)11-10-20(31)24(2,3)18(28)8-9-19(29)27(26,7)23(30)32/h16-19,21-23,32-33H,8-15H2,1-7H3/t16?,17-,18+,19+,21-,22?,23?,26-,27-,28-,29+,30+/m1/s1. The zero-order valence-electron chi connectivity index (χ0n) is 22.8. The number of fused-ring (bicyclic) bond motifs is 4.